The molecule has 0 bridgehead atoms. The molecule has 0 amide bonds. The van der Waals surface area contributed by atoms with Gasteiger partial charge in [0.15, 0.2) is 0 Å². The van der Waals surface area contributed by atoms with E-state index >= 15 is 0 Å². The SMILES string of the molecule is Fc1cncc(-c2nc3ccc(-c4ccn[nH]4)cc3n2C2CC2)c1. The molecule has 4 aromatic rings. The highest BCUT2D eigenvalue weighted by Crippen LogP contribution is 2.41. The zero-order valence-corrected chi connectivity index (χ0v) is 12.8. The summed E-state index contributed by atoms with van der Waals surface area (Å²) in [6, 6.07) is 9.99. The predicted octanol–water partition coefficient (Wildman–Crippen LogP) is 3.96. The van der Waals surface area contributed by atoms with Gasteiger partial charge in [0.05, 0.1) is 22.9 Å². The topological polar surface area (TPSA) is 59.4 Å². The lowest BCUT2D eigenvalue weighted by Crippen LogP contribution is -1.98. The Hall–Kier alpha value is -3.02. The number of halogens is 1. The molecule has 1 N–H and O–H groups in total. The molecule has 0 spiro atoms. The quantitative estimate of drug-likeness (QED) is 0.622. The number of benzene rings is 1. The van der Waals surface area contributed by atoms with Crippen LogP contribution in [0.15, 0.2) is 48.9 Å². The third-order valence-corrected chi connectivity index (χ3v) is 4.38. The molecular formula is C18H14FN5. The second kappa shape index (κ2) is 4.99. The largest absolute Gasteiger partial charge is 0.321 e. The second-order valence-corrected chi connectivity index (χ2v) is 6.10. The molecule has 118 valence electrons. The number of nitrogens with zero attached hydrogens (tertiary/aromatic N) is 4. The minimum atomic E-state index is -0.347. The zero-order chi connectivity index (χ0) is 16.1. The minimum Gasteiger partial charge on any atom is -0.321 e. The van der Waals surface area contributed by atoms with Crippen molar-refractivity contribution in [2.45, 2.75) is 18.9 Å². The first-order valence-corrected chi connectivity index (χ1v) is 7.92. The molecule has 5 rings (SSSR count). The van der Waals surface area contributed by atoms with E-state index < -0.39 is 0 Å². The fraction of sp³-hybridized carbons (Fsp3) is 0.167. The summed E-state index contributed by atoms with van der Waals surface area (Å²) in [5.74, 6) is 0.432. The third-order valence-electron chi connectivity index (χ3n) is 4.38. The van der Waals surface area contributed by atoms with Crippen LogP contribution >= 0.6 is 0 Å². The Morgan fingerprint density at radius 1 is 1.08 bits per heavy atom. The van der Waals surface area contributed by atoms with Crippen molar-refractivity contribution in [3.8, 4) is 22.6 Å². The first-order valence-electron chi connectivity index (χ1n) is 7.92. The van der Waals surface area contributed by atoms with Gasteiger partial charge in [0.1, 0.15) is 11.6 Å². The molecule has 1 saturated carbocycles. The lowest BCUT2D eigenvalue weighted by atomic mass is 10.1. The van der Waals surface area contributed by atoms with Crippen molar-refractivity contribution >= 4 is 11.0 Å². The summed E-state index contributed by atoms with van der Waals surface area (Å²) in [5, 5.41) is 7.00. The van der Waals surface area contributed by atoms with Crippen LogP contribution in [0.4, 0.5) is 4.39 Å². The van der Waals surface area contributed by atoms with Crippen LogP contribution in [0.2, 0.25) is 0 Å². The van der Waals surface area contributed by atoms with Crippen LogP contribution < -0.4 is 0 Å². The van der Waals surface area contributed by atoms with E-state index in [9.17, 15) is 4.39 Å². The smallest absolute Gasteiger partial charge is 0.143 e. The van der Waals surface area contributed by atoms with Gasteiger partial charge in [0.25, 0.3) is 0 Å². The number of hydrogen-bond donors (Lipinski definition) is 1. The normalized spacial score (nSPS) is 14.4. The summed E-state index contributed by atoms with van der Waals surface area (Å²) >= 11 is 0. The van der Waals surface area contributed by atoms with Crippen molar-refractivity contribution in [3.05, 3.63) is 54.7 Å². The van der Waals surface area contributed by atoms with E-state index in [0.29, 0.717) is 11.6 Å². The molecule has 24 heavy (non-hydrogen) atoms. The van der Waals surface area contributed by atoms with Crippen LogP contribution in [-0.4, -0.2) is 24.7 Å². The maximum absolute atomic E-state index is 13.6. The van der Waals surface area contributed by atoms with Gasteiger partial charge in [0.2, 0.25) is 0 Å². The van der Waals surface area contributed by atoms with Crippen molar-refractivity contribution in [2.24, 2.45) is 0 Å². The lowest BCUT2D eigenvalue weighted by molar-refractivity contribution is 0.621. The number of hydrogen-bond acceptors (Lipinski definition) is 3. The van der Waals surface area contributed by atoms with Crippen LogP contribution in [0.25, 0.3) is 33.7 Å². The first kappa shape index (κ1) is 13.4. The molecule has 0 radical (unpaired) electrons. The van der Waals surface area contributed by atoms with Crippen LogP contribution in [0.3, 0.4) is 0 Å². The van der Waals surface area contributed by atoms with E-state index in [1.807, 2.05) is 18.2 Å². The Balaban J connectivity index is 1.75. The molecule has 0 atom stereocenters. The van der Waals surface area contributed by atoms with Crippen LogP contribution in [0.1, 0.15) is 18.9 Å². The molecule has 0 saturated heterocycles. The second-order valence-electron chi connectivity index (χ2n) is 6.10. The summed E-state index contributed by atoms with van der Waals surface area (Å²) < 4.78 is 15.8. The molecule has 1 aliphatic carbocycles. The minimum absolute atomic E-state index is 0.347. The third kappa shape index (κ3) is 2.11. The summed E-state index contributed by atoms with van der Waals surface area (Å²) in [4.78, 5) is 8.71. The Bertz CT molecular complexity index is 1030. The van der Waals surface area contributed by atoms with Crippen LogP contribution in [0, 0.1) is 5.82 Å². The first-order chi connectivity index (χ1) is 11.8. The monoisotopic (exact) mass is 319 g/mol. The molecule has 5 nitrogen and oxygen atoms in total. The lowest BCUT2D eigenvalue weighted by Gasteiger charge is -2.08. The van der Waals surface area contributed by atoms with E-state index in [4.69, 9.17) is 4.98 Å². The van der Waals surface area contributed by atoms with E-state index in [0.717, 1.165) is 41.0 Å². The number of fused-ring (bicyclic) bond motifs is 1. The van der Waals surface area contributed by atoms with E-state index in [1.165, 1.54) is 12.3 Å². The van der Waals surface area contributed by atoms with Gasteiger partial charge in [-0.1, -0.05) is 6.07 Å². The maximum atomic E-state index is 13.6. The number of aromatic amines is 1. The molecule has 6 heteroatoms. The molecule has 0 unspecified atom stereocenters. The highest BCUT2D eigenvalue weighted by Gasteiger charge is 2.29. The van der Waals surface area contributed by atoms with E-state index in [1.54, 1.807) is 12.4 Å². The summed E-state index contributed by atoms with van der Waals surface area (Å²) in [7, 11) is 0. The van der Waals surface area contributed by atoms with Gasteiger partial charge in [-0.2, -0.15) is 5.10 Å². The van der Waals surface area contributed by atoms with Crippen molar-refractivity contribution in [2.75, 3.05) is 0 Å². The molecule has 1 fully saturated rings. The number of pyridine rings is 1. The van der Waals surface area contributed by atoms with Crippen molar-refractivity contribution in [1.82, 2.24) is 24.7 Å². The Labute approximate surface area is 137 Å². The fourth-order valence-corrected chi connectivity index (χ4v) is 3.12. The Kier molecular flexibility index (Phi) is 2.79. The van der Waals surface area contributed by atoms with Crippen molar-refractivity contribution < 1.29 is 4.39 Å². The number of H-pyrrole nitrogens is 1. The maximum Gasteiger partial charge on any atom is 0.143 e. The van der Waals surface area contributed by atoms with E-state index in [-0.39, 0.29) is 5.82 Å². The van der Waals surface area contributed by atoms with Crippen LogP contribution in [0.5, 0.6) is 0 Å². The fourth-order valence-electron chi connectivity index (χ4n) is 3.12. The molecule has 1 aromatic carbocycles. The number of nitrogens with one attached hydrogen (secondary N) is 1. The average molecular weight is 319 g/mol. The zero-order valence-electron chi connectivity index (χ0n) is 12.8. The summed E-state index contributed by atoms with van der Waals surface area (Å²) in [6.07, 6.45) is 6.86. The van der Waals surface area contributed by atoms with Gasteiger partial charge in [-0.05, 0) is 37.1 Å². The number of rotatable bonds is 3. The van der Waals surface area contributed by atoms with Crippen molar-refractivity contribution in [1.29, 1.82) is 0 Å². The number of aromatic nitrogens is 5. The molecule has 3 aromatic heterocycles. The van der Waals surface area contributed by atoms with Crippen LogP contribution in [-0.2, 0) is 0 Å². The Morgan fingerprint density at radius 3 is 2.75 bits per heavy atom. The molecule has 1 aliphatic rings. The van der Waals surface area contributed by atoms with Gasteiger partial charge in [-0.25, -0.2) is 9.37 Å². The van der Waals surface area contributed by atoms with Gasteiger partial charge in [-0.15, -0.1) is 0 Å². The molecule has 0 aliphatic heterocycles. The highest BCUT2D eigenvalue weighted by atomic mass is 19.1. The predicted molar refractivity (Wildman–Crippen MR) is 88.8 cm³/mol. The summed E-state index contributed by atoms with van der Waals surface area (Å²) in [6.45, 7) is 0. The standard InChI is InChI=1S/C18H14FN5/c19-13-7-12(9-20-10-13)18-22-16-4-1-11(15-5-6-21-23-15)8-17(16)24(18)14-2-3-14/h1,4-10,14H,2-3H2,(H,21,23). The van der Waals surface area contributed by atoms with Gasteiger partial charge in [0, 0.05) is 29.6 Å². The average Bonchev–Trinajstić information content (AvgIpc) is 3.14. The summed E-state index contributed by atoms with van der Waals surface area (Å²) in [5.41, 5.74) is 4.70. The van der Waals surface area contributed by atoms with Gasteiger partial charge in [-0.3, -0.25) is 10.1 Å². The number of imidazole rings is 1. The molecule has 3 heterocycles. The van der Waals surface area contributed by atoms with Gasteiger partial charge < -0.3 is 4.57 Å². The molecular weight excluding hydrogens is 305 g/mol. The van der Waals surface area contributed by atoms with Crippen molar-refractivity contribution in [3.63, 3.8) is 0 Å². The van der Waals surface area contributed by atoms with Gasteiger partial charge >= 0.3 is 0 Å². The Morgan fingerprint density at radius 2 is 2.00 bits per heavy atom. The van der Waals surface area contributed by atoms with E-state index in [2.05, 4.69) is 25.8 Å². The highest BCUT2D eigenvalue weighted by molar-refractivity contribution is 5.85.